The summed E-state index contributed by atoms with van der Waals surface area (Å²) in [6.45, 7) is 2.55. The molecule has 0 N–H and O–H groups in total. The molecule has 0 atom stereocenters. The molecule has 5 heteroatoms. The minimum Gasteiger partial charge on any atom is -0.328 e. The Hall–Kier alpha value is -1.20. The van der Waals surface area contributed by atoms with E-state index in [0.29, 0.717) is 17.7 Å². The number of nitrogens with zero attached hydrogens (tertiary/aromatic N) is 2. The molecule has 0 saturated carbocycles. The van der Waals surface area contributed by atoms with Gasteiger partial charge in [0.05, 0.1) is 38.3 Å². The Bertz CT molecular complexity index is 508. The number of halogens is 1. The van der Waals surface area contributed by atoms with Crippen LogP contribution in [0.3, 0.4) is 0 Å². The number of alkyl halides is 1. The lowest BCUT2D eigenvalue weighted by Gasteiger charge is -2.30. The molecule has 21 heavy (non-hydrogen) atoms. The highest BCUT2D eigenvalue weighted by Gasteiger charge is 2.34. The van der Waals surface area contributed by atoms with E-state index in [-0.39, 0.29) is 11.8 Å². The van der Waals surface area contributed by atoms with E-state index in [4.69, 9.17) is 0 Å². The van der Waals surface area contributed by atoms with Gasteiger partial charge in [-0.05, 0) is 12.1 Å². The maximum Gasteiger partial charge on any atom is 0.261 e. The minimum absolute atomic E-state index is 0.152. The molecule has 0 bridgehead atoms. The zero-order chi connectivity index (χ0) is 15.5. The first kappa shape index (κ1) is 16.2. The van der Waals surface area contributed by atoms with E-state index in [9.17, 15) is 9.59 Å². The quantitative estimate of drug-likeness (QED) is 0.429. The van der Waals surface area contributed by atoms with E-state index in [0.717, 1.165) is 35.7 Å². The fraction of sp³-hybridized carbons (Fsp3) is 0.500. The Morgan fingerprint density at radius 2 is 1.52 bits per heavy atom. The van der Waals surface area contributed by atoms with Gasteiger partial charge in [0.2, 0.25) is 0 Å². The minimum atomic E-state index is -0.152. The summed E-state index contributed by atoms with van der Waals surface area (Å²) in [6.07, 6.45) is 1.96. The molecule has 1 heterocycles. The molecule has 2 rings (SSSR count). The van der Waals surface area contributed by atoms with Gasteiger partial charge in [-0.3, -0.25) is 14.5 Å². The van der Waals surface area contributed by atoms with Crippen molar-refractivity contribution in [3.63, 3.8) is 0 Å². The van der Waals surface area contributed by atoms with E-state index in [1.54, 1.807) is 24.3 Å². The highest BCUT2D eigenvalue weighted by Crippen LogP contribution is 2.22. The monoisotopic (exact) mass is 353 g/mol. The van der Waals surface area contributed by atoms with Crippen LogP contribution < -0.4 is 0 Å². The van der Waals surface area contributed by atoms with Gasteiger partial charge < -0.3 is 4.48 Å². The number of carbonyl (C=O) groups excluding carboxylic acids is 2. The molecule has 0 aliphatic carbocycles. The maximum absolute atomic E-state index is 12.2. The Morgan fingerprint density at radius 3 is 2.05 bits per heavy atom. The normalized spacial score (nSPS) is 14.7. The first-order valence-corrected chi connectivity index (χ1v) is 8.41. The SMILES string of the molecule is C[N+](C)(CCCBr)CCCN1C(=O)c2ccccc2C1=O. The van der Waals surface area contributed by atoms with Crippen molar-refractivity contribution in [2.24, 2.45) is 0 Å². The second-order valence-corrected chi connectivity index (χ2v) is 6.88. The summed E-state index contributed by atoms with van der Waals surface area (Å²) in [6, 6.07) is 7.05. The summed E-state index contributed by atoms with van der Waals surface area (Å²) in [7, 11) is 4.37. The summed E-state index contributed by atoms with van der Waals surface area (Å²) < 4.78 is 0.911. The third-order valence-corrected chi connectivity index (χ3v) is 4.48. The number of hydrogen-bond donors (Lipinski definition) is 0. The van der Waals surface area contributed by atoms with Crippen LogP contribution in [-0.4, -0.2) is 60.3 Å². The maximum atomic E-state index is 12.2. The number of carbonyl (C=O) groups is 2. The first-order chi connectivity index (χ1) is 9.96. The van der Waals surface area contributed by atoms with Crippen LogP contribution >= 0.6 is 15.9 Å². The van der Waals surface area contributed by atoms with Crippen molar-refractivity contribution < 1.29 is 14.1 Å². The number of amides is 2. The fourth-order valence-electron chi connectivity index (χ4n) is 2.70. The van der Waals surface area contributed by atoms with E-state index < -0.39 is 0 Å². The molecule has 0 saturated heterocycles. The Balaban J connectivity index is 1.91. The molecule has 1 aliphatic heterocycles. The molecule has 0 unspecified atom stereocenters. The predicted octanol–water partition coefficient (Wildman–Crippen LogP) is 2.53. The summed E-state index contributed by atoms with van der Waals surface area (Å²) in [5, 5.41) is 1.01. The summed E-state index contributed by atoms with van der Waals surface area (Å²) >= 11 is 3.45. The molecule has 0 aromatic heterocycles. The van der Waals surface area contributed by atoms with E-state index in [1.165, 1.54) is 4.90 Å². The lowest BCUT2D eigenvalue weighted by molar-refractivity contribution is -0.890. The van der Waals surface area contributed by atoms with E-state index in [1.807, 2.05) is 0 Å². The number of rotatable bonds is 7. The molecule has 2 amide bonds. The molecular formula is C16H22BrN2O2+. The molecule has 114 valence electrons. The van der Waals surface area contributed by atoms with Crippen LogP contribution in [0.25, 0.3) is 0 Å². The molecule has 0 spiro atoms. The number of imide groups is 1. The van der Waals surface area contributed by atoms with E-state index >= 15 is 0 Å². The van der Waals surface area contributed by atoms with Gasteiger partial charge in [-0.15, -0.1) is 0 Å². The van der Waals surface area contributed by atoms with Gasteiger partial charge in [0.15, 0.2) is 0 Å². The molecule has 0 radical (unpaired) electrons. The van der Waals surface area contributed by atoms with Crippen molar-refractivity contribution in [2.45, 2.75) is 12.8 Å². The van der Waals surface area contributed by atoms with Crippen molar-refractivity contribution in [1.82, 2.24) is 4.90 Å². The smallest absolute Gasteiger partial charge is 0.261 e. The van der Waals surface area contributed by atoms with Crippen LogP contribution in [0.2, 0.25) is 0 Å². The molecular weight excluding hydrogens is 332 g/mol. The fourth-order valence-corrected chi connectivity index (χ4v) is 2.95. The molecule has 4 nitrogen and oxygen atoms in total. The van der Waals surface area contributed by atoms with Crippen LogP contribution in [0.15, 0.2) is 24.3 Å². The standard InChI is InChI=1S/C16H22BrN2O2/c1-19(2,11-5-9-17)12-6-10-18-15(20)13-7-3-4-8-14(13)16(18)21/h3-4,7-8H,5-6,9-12H2,1-2H3/q+1. The van der Waals surface area contributed by atoms with Gasteiger partial charge in [-0.1, -0.05) is 28.1 Å². The zero-order valence-electron chi connectivity index (χ0n) is 12.6. The van der Waals surface area contributed by atoms with Crippen molar-refractivity contribution in [2.75, 3.05) is 39.1 Å². The number of fused-ring (bicyclic) bond motifs is 1. The van der Waals surface area contributed by atoms with Crippen molar-refractivity contribution in [3.8, 4) is 0 Å². The Morgan fingerprint density at radius 1 is 1.00 bits per heavy atom. The van der Waals surface area contributed by atoms with Crippen molar-refractivity contribution in [3.05, 3.63) is 35.4 Å². The van der Waals surface area contributed by atoms with Gasteiger partial charge in [0, 0.05) is 24.7 Å². The van der Waals surface area contributed by atoms with Gasteiger partial charge in [-0.2, -0.15) is 0 Å². The zero-order valence-corrected chi connectivity index (χ0v) is 14.2. The molecule has 1 aromatic rings. The van der Waals surface area contributed by atoms with Gasteiger partial charge >= 0.3 is 0 Å². The van der Waals surface area contributed by atoms with Crippen molar-refractivity contribution >= 4 is 27.7 Å². The second-order valence-electron chi connectivity index (χ2n) is 6.09. The predicted molar refractivity (Wildman–Crippen MR) is 86.7 cm³/mol. The van der Waals surface area contributed by atoms with Gasteiger partial charge in [-0.25, -0.2) is 0 Å². The number of benzene rings is 1. The molecule has 0 fully saturated rings. The average molecular weight is 354 g/mol. The van der Waals surface area contributed by atoms with Crippen LogP contribution in [0, 0.1) is 0 Å². The first-order valence-electron chi connectivity index (χ1n) is 7.29. The number of hydrogen-bond acceptors (Lipinski definition) is 2. The van der Waals surface area contributed by atoms with Crippen LogP contribution in [0.4, 0.5) is 0 Å². The number of quaternary nitrogens is 1. The average Bonchev–Trinajstić information content (AvgIpc) is 2.71. The third-order valence-electron chi connectivity index (χ3n) is 3.92. The lowest BCUT2D eigenvalue weighted by atomic mass is 10.1. The van der Waals surface area contributed by atoms with Crippen LogP contribution in [0.1, 0.15) is 33.6 Å². The van der Waals surface area contributed by atoms with Crippen LogP contribution in [0.5, 0.6) is 0 Å². The van der Waals surface area contributed by atoms with Gasteiger partial charge in [0.1, 0.15) is 0 Å². The van der Waals surface area contributed by atoms with Gasteiger partial charge in [0.25, 0.3) is 11.8 Å². The summed E-state index contributed by atoms with van der Waals surface area (Å²) in [5.41, 5.74) is 1.08. The van der Waals surface area contributed by atoms with E-state index in [2.05, 4.69) is 30.0 Å². The molecule has 1 aromatic carbocycles. The van der Waals surface area contributed by atoms with Crippen molar-refractivity contribution in [1.29, 1.82) is 0 Å². The Kier molecular flexibility index (Phi) is 5.17. The van der Waals surface area contributed by atoms with Crippen LogP contribution in [-0.2, 0) is 0 Å². The third kappa shape index (κ3) is 3.71. The Labute approximate surface area is 134 Å². The summed E-state index contributed by atoms with van der Waals surface area (Å²) in [5.74, 6) is -0.303. The highest BCUT2D eigenvalue weighted by molar-refractivity contribution is 9.09. The lowest BCUT2D eigenvalue weighted by Crippen LogP contribution is -2.43. The summed E-state index contributed by atoms with van der Waals surface area (Å²) in [4.78, 5) is 25.8. The largest absolute Gasteiger partial charge is 0.328 e. The topological polar surface area (TPSA) is 37.4 Å². The highest BCUT2D eigenvalue weighted by atomic mass is 79.9. The molecule has 1 aliphatic rings. The second kappa shape index (κ2) is 6.71.